The van der Waals surface area contributed by atoms with Gasteiger partial charge in [0.2, 0.25) is 0 Å². The molecule has 0 aliphatic carbocycles. The van der Waals surface area contributed by atoms with Crippen LogP contribution in [0.15, 0.2) is 30.5 Å². The third-order valence-electron chi connectivity index (χ3n) is 4.61. The second-order valence-electron chi connectivity index (χ2n) is 8.83. The van der Waals surface area contributed by atoms with Crippen molar-refractivity contribution in [3.05, 3.63) is 47.3 Å². The highest BCUT2D eigenvalue weighted by molar-refractivity contribution is 5.70. The summed E-state index contributed by atoms with van der Waals surface area (Å²) in [7, 11) is 0. The first-order valence-corrected chi connectivity index (χ1v) is 9.67. The lowest BCUT2D eigenvalue weighted by Gasteiger charge is -2.19. The Morgan fingerprint density at radius 2 is 1.85 bits per heavy atom. The molecule has 1 heterocycles. The molecular weight excluding hydrogens is 338 g/mol. The van der Waals surface area contributed by atoms with Crippen molar-refractivity contribution in [1.82, 2.24) is 15.1 Å². The summed E-state index contributed by atoms with van der Waals surface area (Å²) in [5.41, 5.74) is 4.30. The minimum atomic E-state index is -0.734. The fourth-order valence-corrected chi connectivity index (χ4v) is 3.22. The van der Waals surface area contributed by atoms with Crippen molar-refractivity contribution >= 4 is 5.97 Å². The van der Waals surface area contributed by atoms with Gasteiger partial charge in [0.15, 0.2) is 0 Å². The first-order chi connectivity index (χ1) is 12.6. The number of benzene rings is 1. The summed E-state index contributed by atoms with van der Waals surface area (Å²) in [6, 6.07) is 8.29. The predicted octanol–water partition coefficient (Wildman–Crippen LogP) is 4.31. The number of nitrogens with one attached hydrogen (secondary N) is 1. The van der Waals surface area contributed by atoms with Gasteiger partial charge in [0, 0.05) is 30.3 Å². The highest BCUT2D eigenvalue weighted by Crippen LogP contribution is 2.26. The zero-order valence-corrected chi connectivity index (χ0v) is 17.4. The standard InChI is InChI=1S/C22H33N3O2/c1-15(2)11-17(21(26)27)12-23-13-18-14-25(24-20(18)22(4,5)6)19-9-7-16(3)8-10-19/h7-10,14-15,17,23H,11-13H2,1-6H3,(H,26,27). The monoisotopic (exact) mass is 371 g/mol. The molecule has 0 bridgehead atoms. The number of hydrogen-bond donors (Lipinski definition) is 2. The highest BCUT2D eigenvalue weighted by Gasteiger charge is 2.23. The fourth-order valence-electron chi connectivity index (χ4n) is 3.22. The van der Waals surface area contributed by atoms with Crippen molar-refractivity contribution in [1.29, 1.82) is 0 Å². The Balaban J connectivity index is 2.17. The molecule has 5 nitrogen and oxygen atoms in total. The molecule has 5 heteroatoms. The van der Waals surface area contributed by atoms with Gasteiger partial charge >= 0.3 is 5.97 Å². The van der Waals surface area contributed by atoms with Crippen molar-refractivity contribution in [3.8, 4) is 5.69 Å². The molecule has 2 rings (SSSR count). The van der Waals surface area contributed by atoms with Crippen molar-refractivity contribution in [2.45, 2.75) is 59.9 Å². The molecule has 1 unspecified atom stereocenters. The van der Waals surface area contributed by atoms with Crippen molar-refractivity contribution in [3.63, 3.8) is 0 Å². The molecule has 148 valence electrons. The van der Waals surface area contributed by atoms with Gasteiger partial charge in [0.05, 0.1) is 17.3 Å². The second-order valence-corrected chi connectivity index (χ2v) is 8.83. The number of carbonyl (C=O) groups is 1. The third-order valence-corrected chi connectivity index (χ3v) is 4.61. The highest BCUT2D eigenvalue weighted by atomic mass is 16.4. The molecule has 1 atom stereocenters. The Bertz CT molecular complexity index is 755. The molecule has 0 aliphatic heterocycles. The molecule has 2 aromatic rings. The summed E-state index contributed by atoms with van der Waals surface area (Å²) in [6.07, 6.45) is 2.73. The molecule has 0 saturated carbocycles. The van der Waals surface area contributed by atoms with Gasteiger partial charge in [0.1, 0.15) is 0 Å². The molecule has 2 N–H and O–H groups in total. The molecule has 1 aromatic carbocycles. The second kappa shape index (κ2) is 8.70. The van der Waals surface area contributed by atoms with E-state index in [1.807, 2.05) is 4.68 Å². The lowest BCUT2D eigenvalue weighted by atomic mass is 9.89. The number of rotatable bonds is 8. The number of aryl methyl sites for hydroxylation is 1. The molecule has 0 aliphatic rings. The number of nitrogens with zero attached hydrogens (tertiary/aromatic N) is 2. The number of carboxylic acid groups (broad SMARTS) is 1. The Labute approximate surface area is 162 Å². The molecule has 0 amide bonds. The molecule has 0 saturated heterocycles. The smallest absolute Gasteiger partial charge is 0.307 e. The average molecular weight is 372 g/mol. The van der Waals surface area contributed by atoms with Gasteiger partial charge in [-0.15, -0.1) is 0 Å². The van der Waals surface area contributed by atoms with Gasteiger partial charge in [-0.25, -0.2) is 4.68 Å². The lowest BCUT2D eigenvalue weighted by molar-refractivity contribution is -0.142. The minimum Gasteiger partial charge on any atom is -0.481 e. The zero-order chi connectivity index (χ0) is 20.2. The van der Waals surface area contributed by atoms with Crippen LogP contribution in [-0.2, 0) is 16.8 Å². The van der Waals surface area contributed by atoms with Crippen LogP contribution in [0.2, 0.25) is 0 Å². The van der Waals surface area contributed by atoms with Crippen molar-refractivity contribution in [2.24, 2.45) is 11.8 Å². The van der Waals surface area contributed by atoms with Crippen LogP contribution in [0.3, 0.4) is 0 Å². The summed E-state index contributed by atoms with van der Waals surface area (Å²) in [5.74, 6) is -0.736. The van der Waals surface area contributed by atoms with Crippen LogP contribution in [-0.4, -0.2) is 27.4 Å². The SMILES string of the molecule is Cc1ccc(-n2cc(CNCC(CC(C)C)C(=O)O)c(C(C)(C)C)n2)cc1. The zero-order valence-electron chi connectivity index (χ0n) is 17.4. The Morgan fingerprint density at radius 1 is 1.22 bits per heavy atom. The number of aromatic nitrogens is 2. The van der Waals surface area contributed by atoms with E-state index in [4.69, 9.17) is 5.10 Å². The largest absolute Gasteiger partial charge is 0.481 e. The number of carboxylic acids is 1. The van der Waals surface area contributed by atoms with Crippen LogP contribution in [0.5, 0.6) is 0 Å². The molecule has 27 heavy (non-hydrogen) atoms. The van der Waals surface area contributed by atoms with Gasteiger partial charge in [-0.05, 0) is 31.4 Å². The van der Waals surface area contributed by atoms with E-state index in [9.17, 15) is 9.90 Å². The quantitative estimate of drug-likeness (QED) is 0.725. The Morgan fingerprint density at radius 3 is 2.37 bits per heavy atom. The molecular formula is C22H33N3O2. The summed E-state index contributed by atoms with van der Waals surface area (Å²) >= 11 is 0. The van der Waals surface area contributed by atoms with Gasteiger partial charge < -0.3 is 10.4 Å². The molecule has 0 spiro atoms. The van der Waals surface area contributed by atoms with E-state index in [1.165, 1.54) is 5.56 Å². The average Bonchev–Trinajstić information content (AvgIpc) is 2.98. The minimum absolute atomic E-state index is 0.0862. The van der Waals surface area contributed by atoms with E-state index < -0.39 is 5.97 Å². The molecule has 0 radical (unpaired) electrons. The van der Waals surface area contributed by atoms with Crippen molar-refractivity contribution in [2.75, 3.05) is 6.54 Å². The third kappa shape index (κ3) is 5.93. The summed E-state index contributed by atoms with van der Waals surface area (Å²) in [4.78, 5) is 11.5. The maximum absolute atomic E-state index is 11.5. The first-order valence-electron chi connectivity index (χ1n) is 9.67. The Hall–Kier alpha value is -2.14. The topological polar surface area (TPSA) is 67.2 Å². The van der Waals surface area contributed by atoms with Gasteiger partial charge in [-0.3, -0.25) is 4.79 Å². The van der Waals surface area contributed by atoms with Crippen LogP contribution < -0.4 is 5.32 Å². The van der Waals surface area contributed by atoms with Crippen LogP contribution in [0.4, 0.5) is 0 Å². The summed E-state index contributed by atoms with van der Waals surface area (Å²) in [5, 5.41) is 17.6. The van der Waals surface area contributed by atoms with Gasteiger partial charge in [-0.1, -0.05) is 52.3 Å². The van der Waals surface area contributed by atoms with E-state index in [0.29, 0.717) is 25.4 Å². The van der Waals surface area contributed by atoms with Crippen LogP contribution >= 0.6 is 0 Å². The summed E-state index contributed by atoms with van der Waals surface area (Å²) < 4.78 is 1.92. The number of aliphatic carboxylic acids is 1. The normalized spacial score (nSPS) is 13.1. The Kier molecular flexibility index (Phi) is 6.82. The van der Waals surface area contributed by atoms with Crippen LogP contribution in [0, 0.1) is 18.8 Å². The van der Waals surface area contributed by atoms with Gasteiger partial charge in [0.25, 0.3) is 0 Å². The van der Waals surface area contributed by atoms with E-state index >= 15 is 0 Å². The lowest BCUT2D eigenvalue weighted by Crippen LogP contribution is -2.30. The maximum atomic E-state index is 11.5. The molecule has 0 fully saturated rings. The number of hydrogen-bond acceptors (Lipinski definition) is 3. The first kappa shape index (κ1) is 21.2. The van der Waals surface area contributed by atoms with E-state index in [1.54, 1.807) is 0 Å². The predicted molar refractivity (Wildman–Crippen MR) is 109 cm³/mol. The fraction of sp³-hybridized carbons (Fsp3) is 0.545. The maximum Gasteiger partial charge on any atom is 0.307 e. The van der Waals surface area contributed by atoms with Gasteiger partial charge in [-0.2, -0.15) is 5.10 Å². The summed E-state index contributed by atoms with van der Waals surface area (Å²) in [6.45, 7) is 13.7. The van der Waals surface area contributed by atoms with Crippen LogP contribution in [0.1, 0.15) is 57.9 Å². The van der Waals surface area contributed by atoms with E-state index in [-0.39, 0.29) is 11.3 Å². The van der Waals surface area contributed by atoms with Crippen LogP contribution in [0.25, 0.3) is 5.69 Å². The van der Waals surface area contributed by atoms with Crippen molar-refractivity contribution < 1.29 is 9.90 Å². The van der Waals surface area contributed by atoms with E-state index in [0.717, 1.165) is 16.9 Å². The van der Waals surface area contributed by atoms with E-state index in [2.05, 4.69) is 77.3 Å². The molecule has 1 aromatic heterocycles.